The molecule has 1 unspecified atom stereocenters. The molecule has 0 fully saturated rings. The van der Waals surface area contributed by atoms with Crippen LogP contribution in [0.25, 0.3) is 0 Å². The van der Waals surface area contributed by atoms with Crippen molar-refractivity contribution >= 4 is 11.7 Å². The summed E-state index contributed by atoms with van der Waals surface area (Å²) in [5, 5.41) is 14.1. The molecular weight excluding hydrogens is 202 g/mol. The van der Waals surface area contributed by atoms with Gasteiger partial charge in [-0.05, 0) is 11.8 Å². The monoisotopic (exact) mass is 213 g/mol. The van der Waals surface area contributed by atoms with Gasteiger partial charge in [-0.25, -0.2) is 0 Å². The predicted molar refractivity (Wildman–Crippen MR) is 50.8 cm³/mol. The van der Waals surface area contributed by atoms with E-state index in [-0.39, 0.29) is 12.4 Å². The molecule has 0 bridgehead atoms. The summed E-state index contributed by atoms with van der Waals surface area (Å²) in [7, 11) is 0. The van der Waals surface area contributed by atoms with Crippen LogP contribution in [0.2, 0.25) is 0 Å². The predicted octanol–water partition coefficient (Wildman–Crippen LogP) is -1.09. The quantitative estimate of drug-likeness (QED) is 0.484. The third kappa shape index (κ3) is 2.50. The molecule has 1 atom stereocenters. The zero-order valence-electron chi connectivity index (χ0n) is 8.08. The summed E-state index contributed by atoms with van der Waals surface area (Å²) >= 11 is 0. The lowest BCUT2D eigenvalue weighted by Crippen LogP contribution is -2.39. The Bertz CT molecular complexity index is 399. The third-order valence-corrected chi connectivity index (χ3v) is 1.84. The SMILES string of the molecule is Cc1cn(CC(N)C(N)=O)nc1[N+](=O)[O-]. The number of aryl methyl sites for hydroxylation is 1. The molecule has 1 heterocycles. The lowest BCUT2D eigenvalue weighted by atomic mass is 10.3. The van der Waals surface area contributed by atoms with Crippen LogP contribution in [0.4, 0.5) is 5.82 Å². The molecule has 1 aromatic heterocycles. The van der Waals surface area contributed by atoms with E-state index in [0.717, 1.165) is 0 Å². The van der Waals surface area contributed by atoms with E-state index in [4.69, 9.17) is 11.5 Å². The van der Waals surface area contributed by atoms with Crippen molar-refractivity contribution in [3.8, 4) is 0 Å². The number of hydrogen-bond donors (Lipinski definition) is 2. The number of nitrogens with two attached hydrogens (primary N) is 2. The number of aromatic nitrogens is 2. The van der Waals surface area contributed by atoms with Gasteiger partial charge in [0.25, 0.3) is 0 Å². The fourth-order valence-corrected chi connectivity index (χ4v) is 1.08. The van der Waals surface area contributed by atoms with Gasteiger partial charge in [0.2, 0.25) is 5.91 Å². The van der Waals surface area contributed by atoms with Gasteiger partial charge in [0.15, 0.2) is 0 Å². The molecule has 1 aromatic rings. The maximum Gasteiger partial charge on any atom is 0.392 e. The molecule has 0 saturated carbocycles. The van der Waals surface area contributed by atoms with Crippen LogP contribution < -0.4 is 11.5 Å². The van der Waals surface area contributed by atoms with Crippen LogP contribution in [-0.4, -0.2) is 26.7 Å². The van der Waals surface area contributed by atoms with Crippen LogP contribution in [0.3, 0.4) is 0 Å². The van der Waals surface area contributed by atoms with Crippen molar-refractivity contribution in [3.05, 3.63) is 21.9 Å². The standard InChI is InChI=1S/C7H11N5O3/c1-4-2-11(3-5(8)6(9)13)10-7(4)12(14)15/h2,5H,3,8H2,1H3,(H2,9,13). The molecule has 8 nitrogen and oxygen atoms in total. The van der Waals surface area contributed by atoms with E-state index in [2.05, 4.69) is 5.10 Å². The summed E-state index contributed by atoms with van der Waals surface area (Å²) in [5.41, 5.74) is 10.7. The number of carbonyl (C=O) groups excluding carboxylic acids is 1. The summed E-state index contributed by atoms with van der Waals surface area (Å²) in [4.78, 5) is 20.5. The Kier molecular flexibility index (Phi) is 3.00. The van der Waals surface area contributed by atoms with Crippen LogP contribution >= 0.6 is 0 Å². The average molecular weight is 213 g/mol. The molecule has 1 amide bonds. The van der Waals surface area contributed by atoms with Gasteiger partial charge in [0.1, 0.15) is 6.04 Å². The molecular formula is C7H11N5O3. The van der Waals surface area contributed by atoms with Crippen molar-refractivity contribution in [3.63, 3.8) is 0 Å². The number of nitrogens with zero attached hydrogens (tertiary/aromatic N) is 3. The Morgan fingerprint density at radius 1 is 1.80 bits per heavy atom. The van der Waals surface area contributed by atoms with Crippen molar-refractivity contribution in [1.29, 1.82) is 0 Å². The number of rotatable bonds is 4. The first-order chi connectivity index (χ1) is 6.91. The molecule has 0 aliphatic rings. The second kappa shape index (κ2) is 4.05. The van der Waals surface area contributed by atoms with Gasteiger partial charge < -0.3 is 21.6 Å². The van der Waals surface area contributed by atoms with Crippen molar-refractivity contribution in [2.24, 2.45) is 11.5 Å². The van der Waals surface area contributed by atoms with Crippen LogP contribution in [0, 0.1) is 17.0 Å². The first-order valence-electron chi connectivity index (χ1n) is 4.15. The smallest absolute Gasteiger partial charge is 0.368 e. The minimum Gasteiger partial charge on any atom is -0.368 e. The minimum atomic E-state index is -0.899. The molecule has 15 heavy (non-hydrogen) atoms. The summed E-state index contributed by atoms with van der Waals surface area (Å²) < 4.78 is 1.24. The fraction of sp³-hybridized carbons (Fsp3) is 0.429. The Labute approximate surface area is 85.0 Å². The summed E-state index contributed by atoms with van der Waals surface area (Å²) in [6, 6.07) is -0.899. The molecule has 0 aromatic carbocycles. The molecule has 4 N–H and O–H groups in total. The van der Waals surface area contributed by atoms with E-state index in [1.165, 1.54) is 10.9 Å². The zero-order chi connectivity index (χ0) is 11.6. The lowest BCUT2D eigenvalue weighted by Gasteiger charge is -2.03. The molecule has 1 rings (SSSR count). The maximum absolute atomic E-state index is 10.7. The zero-order valence-corrected chi connectivity index (χ0v) is 8.08. The lowest BCUT2D eigenvalue weighted by molar-refractivity contribution is -0.390. The first-order valence-corrected chi connectivity index (χ1v) is 4.15. The summed E-state index contributed by atoms with van der Waals surface area (Å²) in [6.45, 7) is 1.58. The summed E-state index contributed by atoms with van der Waals surface area (Å²) in [5.74, 6) is -0.919. The van der Waals surface area contributed by atoms with Crippen LogP contribution in [0.1, 0.15) is 5.56 Å². The van der Waals surface area contributed by atoms with E-state index in [0.29, 0.717) is 5.56 Å². The van der Waals surface area contributed by atoms with Gasteiger partial charge in [-0.2, -0.15) is 4.68 Å². The number of carbonyl (C=O) groups is 1. The highest BCUT2D eigenvalue weighted by molar-refractivity contribution is 5.79. The van der Waals surface area contributed by atoms with Gasteiger partial charge in [-0.1, -0.05) is 0 Å². The van der Waals surface area contributed by atoms with E-state index in [1.54, 1.807) is 6.92 Å². The Morgan fingerprint density at radius 2 is 2.40 bits per heavy atom. The van der Waals surface area contributed by atoms with Crippen molar-refractivity contribution < 1.29 is 9.72 Å². The van der Waals surface area contributed by atoms with E-state index >= 15 is 0 Å². The van der Waals surface area contributed by atoms with Crippen LogP contribution in [-0.2, 0) is 11.3 Å². The fourth-order valence-electron chi connectivity index (χ4n) is 1.08. The normalized spacial score (nSPS) is 12.4. The number of amides is 1. The molecule has 0 radical (unpaired) electrons. The van der Waals surface area contributed by atoms with Gasteiger partial charge >= 0.3 is 5.82 Å². The largest absolute Gasteiger partial charge is 0.392 e. The van der Waals surface area contributed by atoms with Crippen molar-refractivity contribution in [1.82, 2.24) is 9.78 Å². The Hall–Kier alpha value is -1.96. The van der Waals surface area contributed by atoms with Crippen LogP contribution in [0.5, 0.6) is 0 Å². The van der Waals surface area contributed by atoms with Gasteiger partial charge in [-0.3, -0.25) is 4.79 Å². The van der Waals surface area contributed by atoms with Crippen molar-refractivity contribution in [2.45, 2.75) is 19.5 Å². The van der Waals surface area contributed by atoms with Gasteiger partial charge in [0, 0.05) is 0 Å². The molecule has 0 aliphatic carbocycles. The first kappa shape index (κ1) is 11.1. The average Bonchev–Trinajstić information content (AvgIpc) is 2.46. The highest BCUT2D eigenvalue weighted by Crippen LogP contribution is 2.13. The summed E-state index contributed by atoms with van der Waals surface area (Å²) in [6.07, 6.45) is 1.45. The van der Waals surface area contributed by atoms with Gasteiger partial charge in [0.05, 0.1) is 23.4 Å². The molecule has 82 valence electrons. The third-order valence-electron chi connectivity index (χ3n) is 1.84. The van der Waals surface area contributed by atoms with E-state index < -0.39 is 16.9 Å². The molecule has 0 aliphatic heterocycles. The minimum absolute atomic E-state index is 0.0318. The highest BCUT2D eigenvalue weighted by atomic mass is 16.6. The Morgan fingerprint density at radius 3 is 2.80 bits per heavy atom. The number of nitro groups is 1. The second-order valence-electron chi connectivity index (χ2n) is 3.12. The number of hydrogen-bond acceptors (Lipinski definition) is 5. The van der Waals surface area contributed by atoms with E-state index in [9.17, 15) is 14.9 Å². The number of primary amides is 1. The maximum atomic E-state index is 10.7. The van der Waals surface area contributed by atoms with Gasteiger partial charge in [-0.15, -0.1) is 0 Å². The van der Waals surface area contributed by atoms with Crippen molar-refractivity contribution in [2.75, 3.05) is 0 Å². The Balaban J connectivity index is 2.84. The second-order valence-corrected chi connectivity index (χ2v) is 3.12. The highest BCUT2D eigenvalue weighted by Gasteiger charge is 2.19. The van der Waals surface area contributed by atoms with E-state index in [1.807, 2.05) is 0 Å². The van der Waals surface area contributed by atoms with Crippen LogP contribution in [0.15, 0.2) is 6.20 Å². The molecule has 8 heteroatoms. The molecule has 0 spiro atoms. The molecule has 0 saturated heterocycles. The topological polar surface area (TPSA) is 130 Å².